The number of amides is 2. The van der Waals surface area contributed by atoms with Gasteiger partial charge in [-0.2, -0.15) is 0 Å². The van der Waals surface area contributed by atoms with Gasteiger partial charge in [-0.1, -0.05) is 12.1 Å². The molecule has 3 aliphatic carbocycles. The van der Waals surface area contributed by atoms with Crippen LogP contribution >= 0.6 is 22.6 Å². The molecule has 2 bridgehead atoms. The Morgan fingerprint density at radius 1 is 0.960 bits per heavy atom. The molecule has 1 aromatic carbocycles. The molecule has 1 aliphatic heterocycles. The second-order valence-corrected chi connectivity index (χ2v) is 8.29. The lowest BCUT2D eigenvalue weighted by Gasteiger charge is -2.53. The van der Waals surface area contributed by atoms with Crippen LogP contribution in [0, 0.1) is 0 Å². The third-order valence-electron chi connectivity index (χ3n) is 5.80. The molecule has 5 rings (SSSR count). The summed E-state index contributed by atoms with van der Waals surface area (Å²) in [5.74, 6) is 1.18. The zero-order chi connectivity index (χ0) is 17.5. The predicted octanol–water partition coefficient (Wildman–Crippen LogP) is 2.93. The van der Waals surface area contributed by atoms with Gasteiger partial charge in [-0.25, -0.2) is 0 Å². The average molecular weight is 456 g/mol. The molecule has 2 amide bonds. The molecule has 1 heterocycles. The van der Waals surface area contributed by atoms with Gasteiger partial charge in [0, 0.05) is 33.7 Å². The Hall–Kier alpha value is -1.51. The molecular weight excluding hydrogens is 435 g/mol. The lowest BCUT2D eigenvalue weighted by atomic mass is 9.61. The number of nitrogens with one attached hydrogen (secondary N) is 2. The number of para-hydroxylation sites is 2. The number of rotatable bonds is 3. The van der Waals surface area contributed by atoms with Gasteiger partial charge in [0.2, 0.25) is 6.10 Å². The molecule has 2 N–H and O–H groups in total. The van der Waals surface area contributed by atoms with Crippen LogP contribution in [-0.2, 0) is 4.79 Å². The highest BCUT2D eigenvalue weighted by Crippen LogP contribution is 2.47. The van der Waals surface area contributed by atoms with Crippen molar-refractivity contribution in [3.8, 4) is 11.5 Å². The van der Waals surface area contributed by atoms with E-state index < -0.39 is 6.10 Å². The molecular formula is C18H21IN2O4. The van der Waals surface area contributed by atoms with Crippen LogP contribution in [0.25, 0.3) is 0 Å². The summed E-state index contributed by atoms with van der Waals surface area (Å²) in [6.45, 7) is 0.230. The third-order valence-corrected chi connectivity index (χ3v) is 6.07. The van der Waals surface area contributed by atoms with E-state index in [0.717, 1.165) is 38.5 Å². The second-order valence-electron chi connectivity index (χ2n) is 7.31. The second kappa shape index (κ2) is 6.34. The fourth-order valence-electron chi connectivity index (χ4n) is 4.26. The molecule has 25 heavy (non-hydrogen) atoms. The largest absolute Gasteiger partial charge is 0.485 e. The van der Waals surface area contributed by atoms with Crippen molar-refractivity contribution in [2.45, 2.75) is 55.7 Å². The molecule has 1 aromatic rings. The van der Waals surface area contributed by atoms with Gasteiger partial charge in [-0.3, -0.25) is 9.59 Å². The molecule has 134 valence electrons. The molecule has 0 aromatic heterocycles. The van der Waals surface area contributed by atoms with Crippen molar-refractivity contribution in [3.05, 3.63) is 24.3 Å². The van der Waals surface area contributed by atoms with Crippen LogP contribution < -0.4 is 20.1 Å². The van der Waals surface area contributed by atoms with Crippen LogP contribution in [0.2, 0.25) is 0 Å². The minimum atomic E-state index is -0.619. The number of hydrogen-bond acceptors (Lipinski definition) is 4. The van der Waals surface area contributed by atoms with Crippen molar-refractivity contribution in [2.75, 3.05) is 6.61 Å². The topological polar surface area (TPSA) is 76.7 Å². The van der Waals surface area contributed by atoms with Gasteiger partial charge in [-0.15, -0.1) is 0 Å². The Balaban J connectivity index is 1.39. The first-order valence-electron chi connectivity index (χ1n) is 8.68. The summed E-state index contributed by atoms with van der Waals surface area (Å²) in [5, 5.41) is 6.35. The quantitative estimate of drug-likeness (QED) is 0.417. The third kappa shape index (κ3) is 3.30. The zero-order valence-electron chi connectivity index (χ0n) is 13.8. The van der Waals surface area contributed by atoms with Crippen LogP contribution in [0.15, 0.2) is 24.3 Å². The maximum atomic E-state index is 12.7. The Kier molecular flexibility index (Phi) is 4.29. The molecule has 0 saturated heterocycles. The van der Waals surface area contributed by atoms with Gasteiger partial charge >= 0.3 is 0 Å². The van der Waals surface area contributed by atoms with E-state index in [1.807, 2.05) is 24.3 Å². The highest BCUT2D eigenvalue weighted by atomic mass is 127. The molecule has 1 unspecified atom stereocenters. The number of ether oxygens (including phenoxy) is 2. The highest BCUT2D eigenvalue weighted by molar-refractivity contribution is 14.1. The first-order valence-corrected chi connectivity index (χ1v) is 9.75. The SMILES string of the molecule is O=C(I)NC12CCC(NC(=O)C3COc4ccccc4O3)(CC1)CC2. The minimum absolute atomic E-state index is 0.00227. The Morgan fingerprint density at radius 3 is 2.12 bits per heavy atom. The number of carbonyl (C=O) groups excluding carboxylic acids is 2. The van der Waals surface area contributed by atoms with E-state index in [9.17, 15) is 9.59 Å². The standard InChI is InChI=1S/C18H21IN2O4/c19-16(23)21-18-8-5-17(6-9-18,7-10-18)20-15(22)14-11-24-12-3-1-2-4-13(12)25-14/h1-4,14H,5-11H2,(H,20,22)(H,21,23). The molecule has 6 nitrogen and oxygen atoms in total. The van der Waals surface area contributed by atoms with Crippen molar-refractivity contribution < 1.29 is 19.1 Å². The summed E-state index contributed by atoms with van der Waals surface area (Å²) in [5.41, 5.74) is -0.247. The number of carbonyl (C=O) groups is 2. The van der Waals surface area contributed by atoms with E-state index >= 15 is 0 Å². The molecule has 0 spiro atoms. The van der Waals surface area contributed by atoms with Crippen LogP contribution in [-0.4, -0.2) is 33.6 Å². The van der Waals surface area contributed by atoms with E-state index in [2.05, 4.69) is 10.6 Å². The summed E-state index contributed by atoms with van der Waals surface area (Å²) in [7, 11) is 0. The number of hydrogen-bond donors (Lipinski definition) is 2. The van der Waals surface area contributed by atoms with Crippen molar-refractivity contribution in [1.82, 2.24) is 10.6 Å². The Bertz CT molecular complexity index is 684. The average Bonchev–Trinajstić information content (AvgIpc) is 2.62. The molecule has 7 heteroatoms. The van der Waals surface area contributed by atoms with E-state index in [0.29, 0.717) is 11.5 Å². The maximum absolute atomic E-state index is 12.7. The first-order chi connectivity index (χ1) is 12.0. The highest BCUT2D eigenvalue weighted by Gasteiger charge is 2.50. The van der Waals surface area contributed by atoms with Crippen molar-refractivity contribution in [1.29, 1.82) is 0 Å². The van der Waals surface area contributed by atoms with Crippen LogP contribution in [0.5, 0.6) is 11.5 Å². The van der Waals surface area contributed by atoms with Gasteiger partial charge in [-0.05, 0) is 50.7 Å². The Labute approximate surface area is 160 Å². The Morgan fingerprint density at radius 2 is 1.52 bits per heavy atom. The van der Waals surface area contributed by atoms with Crippen LogP contribution in [0.4, 0.5) is 4.79 Å². The number of halogens is 1. The van der Waals surface area contributed by atoms with Crippen LogP contribution in [0.3, 0.4) is 0 Å². The molecule has 3 saturated carbocycles. The van der Waals surface area contributed by atoms with Crippen molar-refractivity contribution in [2.24, 2.45) is 0 Å². The van der Waals surface area contributed by atoms with Crippen LogP contribution in [0.1, 0.15) is 38.5 Å². The van der Waals surface area contributed by atoms with Gasteiger partial charge in [0.05, 0.1) is 0 Å². The molecule has 1 atom stereocenters. The van der Waals surface area contributed by atoms with Gasteiger partial charge in [0.1, 0.15) is 6.61 Å². The van der Waals surface area contributed by atoms with E-state index in [1.165, 1.54) is 0 Å². The van der Waals surface area contributed by atoms with Gasteiger partial charge in [0.25, 0.3) is 9.82 Å². The summed E-state index contributed by atoms with van der Waals surface area (Å²) in [6.07, 6.45) is 4.78. The molecule has 3 fully saturated rings. The lowest BCUT2D eigenvalue weighted by Crippen LogP contribution is -2.64. The van der Waals surface area contributed by atoms with Gasteiger partial charge < -0.3 is 20.1 Å². The summed E-state index contributed by atoms with van der Waals surface area (Å²) in [6, 6.07) is 7.40. The summed E-state index contributed by atoms with van der Waals surface area (Å²) >= 11 is 1.80. The van der Waals surface area contributed by atoms with Crippen molar-refractivity contribution in [3.63, 3.8) is 0 Å². The minimum Gasteiger partial charge on any atom is -0.485 e. The van der Waals surface area contributed by atoms with Crippen molar-refractivity contribution >= 4 is 32.4 Å². The molecule has 4 aliphatic rings. The molecule has 0 radical (unpaired) electrons. The van der Waals surface area contributed by atoms with E-state index in [-0.39, 0.29) is 27.5 Å². The smallest absolute Gasteiger partial charge is 0.281 e. The van der Waals surface area contributed by atoms with Gasteiger partial charge in [0.15, 0.2) is 11.5 Å². The first kappa shape index (κ1) is 16.9. The maximum Gasteiger partial charge on any atom is 0.281 e. The summed E-state index contributed by atoms with van der Waals surface area (Å²) in [4.78, 5) is 24.2. The number of benzene rings is 1. The van der Waals surface area contributed by atoms with E-state index in [1.54, 1.807) is 22.6 Å². The predicted molar refractivity (Wildman–Crippen MR) is 100 cm³/mol. The number of fused-ring (bicyclic) bond motifs is 4. The normalized spacial score (nSPS) is 32.8. The van der Waals surface area contributed by atoms with E-state index in [4.69, 9.17) is 9.47 Å². The fourth-order valence-corrected chi connectivity index (χ4v) is 4.83. The monoisotopic (exact) mass is 456 g/mol. The zero-order valence-corrected chi connectivity index (χ0v) is 16.0. The lowest BCUT2D eigenvalue weighted by molar-refractivity contribution is -0.134. The summed E-state index contributed by atoms with van der Waals surface area (Å²) < 4.78 is 11.5. The fraction of sp³-hybridized carbons (Fsp3) is 0.556.